The first-order chi connectivity index (χ1) is 6.83. The molecule has 0 heteroatoms. The molecular weight excluding hydrogens is 168 g/mol. The Morgan fingerprint density at radius 3 is 1.93 bits per heavy atom. The fourth-order valence-corrected chi connectivity index (χ4v) is 2.69. The summed E-state index contributed by atoms with van der Waals surface area (Å²) in [5.74, 6) is 2.02. The highest BCUT2D eigenvalue weighted by Gasteiger charge is 2.13. The monoisotopic (exact) mass is 196 g/mol. The van der Waals surface area contributed by atoms with Crippen LogP contribution in [0.3, 0.4) is 0 Å². The van der Waals surface area contributed by atoms with E-state index in [-0.39, 0.29) is 0 Å². The molecule has 0 spiro atoms. The molecule has 1 atom stereocenters. The quantitative estimate of drug-likeness (QED) is 0.584. The minimum atomic E-state index is 0.959. The van der Waals surface area contributed by atoms with E-state index in [1.165, 1.54) is 64.2 Å². The van der Waals surface area contributed by atoms with Crippen LogP contribution in [-0.4, -0.2) is 0 Å². The topological polar surface area (TPSA) is 0 Å². The van der Waals surface area contributed by atoms with E-state index in [4.69, 9.17) is 0 Å². The molecule has 1 aliphatic carbocycles. The first kappa shape index (κ1) is 12.1. The standard InChI is InChI=1S/C14H28/c1-3-13(2)12-14-10-8-6-4-5-7-9-11-14/h13-14H,3-12H2,1-2H3. The lowest BCUT2D eigenvalue weighted by Crippen LogP contribution is -2.06. The van der Waals surface area contributed by atoms with Crippen LogP contribution in [0.1, 0.15) is 78.1 Å². The summed E-state index contributed by atoms with van der Waals surface area (Å²) in [6.07, 6.45) is 14.9. The van der Waals surface area contributed by atoms with Crippen molar-refractivity contribution >= 4 is 0 Å². The maximum absolute atomic E-state index is 2.42. The predicted octanol–water partition coefficient (Wildman–Crippen LogP) is 5.17. The van der Waals surface area contributed by atoms with Gasteiger partial charge in [0, 0.05) is 0 Å². The third-order valence-corrected chi connectivity index (χ3v) is 3.91. The highest BCUT2D eigenvalue weighted by molar-refractivity contribution is 4.65. The zero-order valence-electron chi connectivity index (χ0n) is 10.2. The summed E-state index contributed by atoms with van der Waals surface area (Å²) in [4.78, 5) is 0. The van der Waals surface area contributed by atoms with Gasteiger partial charge in [0.1, 0.15) is 0 Å². The van der Waals surface area contributed by atoms with E-state index in [1.54, 1.807) is 0 Å². The Kier molecular flexibility index (Phi) is 6.31. The summed E-state index contributed by atoms with van der Waals surface area (Å²) in [6, 6.07) is 0. The third kappa shape index (κ3) is 5.02. The van der Waals surface area contributed by atoms with Crippen molar-refractivity contribution < 1.29 is 0 Å². The second kappa shape index (κ2) is 7.31. The van der Waals surface area contributed by atoms with Gasteiger partial charge in [-0.3, -0.25) is 0 Å². The highest BCUT2D eigenvalue weighted by Crippen LogP contribution is 2.27. The highest BCUT2D eigenvalue weighted by atomic mass is 14.2. The summed E-state index contributed by atoms with van der Waals surface area (Å²) >= 11 is 0. The molecule has 0 saturated heterocycles. The Bertz CT molecular complexity index is 118. The van der Waals surface area contributed by atoms with Crippen LogP contribution in [0.25, 0.3) is 0 Å². The Morgan fingerprint density at radius 1 is 0.929 bits per heavy atom. The molecule has 0 radical (unpaired) electrons. The predicted molar refractivity (Wildman–Crippen MR) is 64.5 cm³/mol. The molecule has 1 rings (SSSR count). The van der Waals surface area contributed by atoms with Crippen molar-refractivity contribution in [2.24, 2.45) is 11.8 Å². The van der Waals surface area contributed by atoms with Crippen LogP contribution in [0.2, 0.25) is 0 Å². The van der Waals surface area contributed by atoms with E-state index >= 15 is 0 Å². The van der Waals surface area contributed by atoms with Crippen molar-refractivity contribution in [1.82, 2.24) is 0 Å². The fourth-order valence-electron chi connectivity index (χ4n) is 2.69. The molecule has 0 aromatic rings. The first-order valence-corrected chi connectivity index (χ1v) is 6.83. The molecule has 0 aromatic carbocycles. The van der Waals surface area contributed by atoms with Gasteiger partial charge in [-0.25, -0.2) is 0 Å². The maximum atomic E-state index is 2.42. The van der Waals surface area contributed by atoms with Crippen LogP contribution in [0, 0.1) is 11.8 Å². The van der Waals surface area contributed by atoms with Gasteiger partial charge in [0.05, 0.1) is 0 Å². The van der Waals surface area contributed by atoms with Crippen LogP contribution in [0.5, 0.6) is 0 Å². The van der Waals surface area contributed by atoms with Crippen LogP contribution in [-0.2, 0) is 0 Å². The molecule has 0 aromatic heterocycles. The summed E-state index contributed by atoms with van der Waals surface area (Å²) in [7, 11) is 0. The molecule has 1 aliphatic rings. The lowest BCUT2D eigenvalue weighted by molar-refractivity contribution is 0.333. The van der Waals surface area contributed by atoms with Crippen LogP contribution < -0.4 is 0 Å². The van der Waals surface area contributed by atoms with Gasteiger partial charge < -0.3 is 0 Å². The second-order valence-corrected chi connectivity index (χ2v) is 5.31. The first-order valence-electron chi connectivity index (χ1n) is 6.83. The minimum Gasteiger partial charge on any atom is -0.0651 e. The molecule has 1 fully saturated rings. The summed E-state index contributed by atoms with van der Waals surface area (Å²) in [5.41, 5.74) is 0. The van der Waals surface area contributed by atoms with E-state index < -0.39 is 0 Å². The van der Waals surface area contributed by atoms with E-state index in [0.29, 0.717) is 0 Å². The average Bonchev–Trinajstić information content (AvgIpc) is 2.31. The van der Waals surface area contributed by atoms with Crippen LogP contribution in [0.4, 0.5) is 0 Å². The molecular formula is C14H28. The molecule has 0 aliphatic heterocycles. The van der Waals surface area contributed by atoms with E-state index in [1.807, 2.05) is 0 Å². The molecule has 1 saturated carbocycles. The Balaban J connectivity index is 2.25. The summed E-state index contributed by atoms with van der Waals surface area (Å²) < 4.78 is 0. The van der Waals surface area contributed by atoms with Crippen LogP contribution >= 0.6 is 0 Å². The minimum absolute atomic E-state index is 0.959. The van der Waals surface area contributed by atoms with Gasteiger partial charge in [0.25, 0.3) is 0 Å². The van der Waals surface area contributed by atoms with Crippen molar-refractivity contribution in [3.05, 3.63) is 0 Å². The number of hydrogen-bond donors (Lipinski definition) is 0. The van der Waals surface area contributed by atoms with Crippen molar-refractivity contribution in [1.29, 1.82) is 0 Å². The smallest absolute Gasteiger partial charge is 0.0412 e. The zero-order chi connectivity index (χ0) is 10.2. The van der Waals surface area contributed by atoms with Gasteiger partial charge in [0.2, 0.25) is 0 Å². The SMILES string of the molecule is CCC(C)CC1CCCCCCCC1. The Morgan fingerprint density at radius 2 is 1.43 bits per heavy atom. The molecule has 0 N–H and O–H groups in total. The number of hydrogen-bond acceptors (Lipinski definition) is 0. The third-order valence-electron chi connectivity index (χ3n) is 3.91. The molecule has 0 heterocycles. The van der Waals surface area contributed by atoms with E-state index in [9.17, 15) is 0 Å². The Hall–Kier alpha value is 0. The van der Waals surface area contributed by atoms with Crippen molar-refractivity contribution in [3.8, 4) is 0 Å². The normalized spacial score (nSPS) is 23.6. The maximum Gasteiger partial charge on any atom is -0.0412 e. The van der Waals surface area contributed by atoms with Gasteiger partial charge in [-0.05, 0) is 18.3 Å². The van der Waals surface area contributed by atoms with Crippen molar-refractivity contribution in [2.75, 3.05) is 0 Å². The molecule has 0 amide bonds. The van der Waals surface area contributed by atoms with E-state index in [0.717, 1.165) is 11.8 Å². The molecule has 84 valence electrons. The van der Waals surface area contributed by atoms with Gasteiger partial charge >= 0.3 is 0 Å². The summed E-state index contributed by atoms with van der Waals surface area (Å²) in [5, 5.41) is 0. The number of rotatable bonds is 3. The summed E-state index contributed by atoms with van der Waals surface area (Å²) in [6.45, 7) is 4.76. The molecule has 1 unspecified atom stereocenters. The molecule has 0 bridgehead atoms. The van der Waals surface area contributed by atoms with E-state index in [2.05, 4.69) is 13.8 Å². The molecule has 0 nitrogen and oxygen atoms in total. The van der Waals surface area contributed by atoms with Gasteiger partial charge in [-0.2, -0.15) is 0 Å². The van der Waals surface area contributed by atoms with Gasteiger partial charge in [0.15, 0.2) is 0 Å². The second-order valence-electron chi connectivity index (χ2n) is 5.31. The van der Waals surface area contributed by atoms with Crippen molar-refractivity contribution in [2.45, 2.75) is 78.1 Å². The van der Waals surface area contributed by atoms with Crippen molar-refractivity contribution in [3.63, 3.8) is 0 Å². The molecule has 14 heavy (non-hydrogen) atoms. The largest absolute Gasteiger partial charge is 0.0651 e. The lowest BCUT2D eigenvalue weighted by atomic mass is 9.87. The lowest BCUT2D eigenvalue weighted by Gasteiger charge is -2.19. The van der Waals surface area contributed by atoms with Gasteiger partial charge in [-0.15, -0.1) is 0 Å². The average molecular weight is 196 g/mol. The zero-order valence-corrected chi connectivity index (χ0v) is 10.2. The van der Waals surface area contributed by atoms with Gasteiger partial charge in [-0.1, -0.05) is 71.6 Å². The van der Waals surface area contributed by atoms with Crippen LogP contribution in [0.15, 0.2) is 0 Å². The fraction of sp³-hybridized carbons (Fsp3) is 1.00. The Labute approximate surface area is 90.5 Å².